The molecule has 5 aliphatic rings. The third kappa shape index (κ3) is 8.41. The van der Waals surface area contributed by atoms with Crippen molar-refractivity contribution in [3.8, 4) is 0 Å². The van der Waals surface area contributed by atoms with Gasteiger partial charge in [0.1, 0.15) is 61.9 Å². The lowest BCUT2D eigenvalue weighted by atomic mass is 9.72. The SMILES string of the molecule is O=C(O)CC(=O)OCC1OC(OC2CC3C(O)CC(O)CC3[OH+]C2C2CCC(O)C(O)C2)C(OC2OCC(O)C(O)C2O)C(O)C1O. The number of carboxylic acid groups (broad SMARTS) is 1. The van der Waals surface area contributed by atoms with Crippen molar-refractivity contribution in [1.29, 1.82) is 0 Å². The van der Waals surface area contributed by atoms with E-state index in [9.17, 15) is 55.5 Å². The molecular formula is C29H47O18+. The third-order valence-electron chi connectivity index (χ3n) is 9.97. The summed E-state index contributed by atoms with van der Waals surface area (Å²) in [6.45, 7) is -1.12. The molecule has 3 heterocycles. The Hall–Kier alpha value is -1.62. The van der Waals surface area contributed by atoms with Gasteiger partial charge in [0.15, 0.2) is 24.8 Å². The maximum atomic E-state index is 11.9. The Morgan fingerprint density at radius 1 is 0.745 bits per heavy atom. The van der Waals surface area contributed by atoms with Gasteiger partial charge in [-0.05, 0) is 25.7 Å². The quantitative estimate of drug-likeness (QED) is 0.0618. The van der Waals surface area contributed by atoms with Crippen molar-refractivity contribution < 1.29 is 89.1 Å². The van der Waals surface area contributed by atoms with E-state index in [1.165, 1.54) is 0 Å². The van der Waals surface area contributed by atoms with Gasteiger partial charge in [0, 0.05) is 18.8 Å². The summed E-state index contributed by atoms with van der Waals surface area (Å²) in [5.74, 6) is -3.32. The van der Waals surface area contributed by atoms with E-state index in [4.69, 9.17) is 33.5 Å². The van der Waals surface area contributed by atoms with Crippen LogP contribution in [0.15, 0.2) is 0 Å². The Labute approximate surface area is 269 Å². The van der Waals surface area contributed by atoms with Crippen LogP contribution in [0, 0.1) is 11.8 Å². The molecule has 0 spiro atoms. The molecular weight excluding hydrogens is 636 g/mol. The van der Waals surface area contributed by atoms with Gasteiger partial charge in [-0.25, -0.2) is 0 Å². The molecule has 270 valence electrons. The summed E-state index contributed by atoms with van der Waals surface area (Å²) < 4.78 is 33.4. The number of ether oxygens (including phenoxy) is 6. The van der Waals surface area contributed by atoms with Crippen molar-refractivity contribution >= 4 is 11.9 Å². The summed E-state index contributed by atoms with van der Waals surface area (Å²) in [7, 11) is 0. The summed E-state index contributed by atoms with van der Waals surface area (Å²) in [6.07, 6.45) is -19.8. The fraction of sp³-hybridized carbons (Fsp3) is 0.931. The first-order chi connectivity index (χ1) is 22.2. The number of aliphatic hydroxyl groups is 11. The van der Waals surface area contributed by atoms with Crippen LogP contribution in [0.1, 0.15) is 44.9 Å². The van der Waals surface area contributed by atoms with Crippen molar-refractivity contribution in [1.82, 2.24) is 0 Å². The number of aliphatic hydroxyl groups excluding tert-OH is 9. The maximum absolute atomic E-state index is 11.9. The maximum Gasteiger partial charge on any atom is 0.317 e. The van der Waals surface area contributed by atoms with Crippen LogP contribution in [0.25, 0.3) is 0 Å². The van der Waals surface area contributed by atoms with Crippen LogP contribution < -0.4 is 0 Å². The minimum absolute atomic E-state index is 0.119. The van der Waals surface area contributed by atoms with Crippen molar-refractivity contribution in [2.24, 2.45) is 11.8 Å². The highest BCUT2D eigenvalue weighted by Crippen LogP contribution is 2.42. The zero-order chi connectivity index (χ0) is 34.2. The Kier molecular flexibility index (Phi) is 12.1. The number of hydrogen-bond donors (Lipinski definition) is 10. The minimum atomic E-state index is -1.84. The van der Waals surface area contributed by atoms with Gasteiger partial charge in [0.25, 0.3) is 0 Å². The number of carboxylic acids is 1. The fourth-order valence-corrected chi connectivity index (χ4v) is 7.38. The van der Waals surface area contributed by atoms with Crippen LogP contribution in [0.5, 0.6) is 0 Å². The molecule has 0 bridgehead atoms. The van der Waals surface area contributed by atoms with Gasteiger partial charge in [-0.3, -0.25) is 9.59 Å². The molecule has 18 nitrogen and oxygen atoms in total. The third-order valence-corrected chi connectivity index (χ3v) is 9.97. The summed E-state index contributed by atoms with van der Waals surface area (Å²) in [4.78, 5) is 22.8. The molecule has 0 amide bonds. The number of carbonyl (C=O) groups is 2. The van der Waals surface area contributed by atoms with Gasteiger partial charge in [-0.1, -0.05) is 0 Å². The summed E-state index contributed by atoms with van der Waals surface area (Å²) in [5.41, 5.74) is 0. The van der Waals surface area contributed by atoms with Gasteiger partial charge < -0.3 is 79.5 Å². The van der Waals surface area contributed by atoms with Gasteiger partial charge in [-0.15, -0.1) is 0 Å². The summed E-state index contributed by atoms with van der Waals surface area (Å²) in [5, 5.41) is 103. The second-order valence-electron chi connectivity index (χ2n) is 13.3. The van der Waals surface area contributed by atoms with Gasteiger partial charge >= 0.3 is 11.9 Å². The van der Waals surface area contributed by atoms with Gasteiger partial charge in [0.2, 0.25) is 0 Å². The van der Waals surface area contributed by atoms with E-state index in [0.717, 1.165) is 0 Å². The van der Waals surface area contributed by atoms with Crippen molar-refractivity contribution in [3.05, 3.63) is 0 Å². The van der Waals surface area contributed by atoms with E-state index in [2.05, 4.69) is 0 Å². The fourth-order valence-electron chi connectivity index (χ4n) is 7.38. The summed E-state index contributed by atoms with van der Waals surface area (Å²) in [6, 6.07) is 0. The molecule has 47 heavy (non-hydrogen) atoms. The lowest BCUT2D eigenvalue weighted by molar-refractivity contribution is -0.381. The van der Waals surface area contributed by atoms with Crippen molar-refractivity contribution in [2.75, 3.05) is 13.2 Å². The molecule has 5 rings (SSSR count). The number of esters is 1. The average Bonchev–Trinajstić information content (AvgIpc) is 3.01. The van der Waals surface area contributed by atoms with Crippen LogP contribution >= 0.6 is 0 Å². The van der Waals surface area contributed by atoms with Crippen LogP contribution in [-0.2, 0) is 33.3 Å². The molecule has 0 aromatic heterocycles. The highest BCUT2D eigenvalue weighted by atomic mass is 16.8. The number of aliphatic carboxylic acids is 1. The van der Waals surface area contributed by atoms with Crippen molar-refractivity contribution in [3.63, 3.8) is 0 Å². The van der Waals surface area contributed by atoms with Crippen LogP contribution in [0.2, 0.25) is 0 Å². The molecule has 3 saturated heterocycles. The molecule has 18 atom stereocenters. The second-order valence-corrected chi connectivity index (χ2v) is 13.3. The van der Waals surface area contributed by atoms with E-state index < -0.39 is 136 Å². The second kappa shape index (κ2) is 15.5. The first kappa shape index (κ1) is 36.7. The number of hydrogen-bond acceptors (Lipinski definition) is 16. The lowest BCUT2D eigenvalue weighted by Crippen LogP contribution is -2.65. The molecule has 11 N–H and O–H groups in total. The molecule has 0 aromatic carbocycles. The molecule has 5 fully saturated rings. The van der Waals surface area contributed by atoms with E-state index in [1.807, 2.05) is 0 Å². The predicted octanol–water partition coefficient (Wildman–Crippen LogP) is -5.02. The smallest absolute Gasteiger partial charge is 0.317 e. The molecule has 2 saturated carbocycles. The lowest BCUT2D eigenvalue weighted by Gasteiger charge is -2.49. The Balaban J connectivity index is 1.40. The molecule has 18 unspecified atom stereocenters. The number of rotatable bonds is 9. The van der Waals surface area contributed by atoms with E-state index in [0.29, 0.717) is 12.8 Å². The van der Waals surface area contributed by atoms with Crippen LogP contribution in [0.4, 0.5) is 0 Å². The number of carbonyl (C=O) groups excluding carboxylic acids is 1. The zero-order valence-electron chi connectivity index (χ0n) is 25.5. The van der Waals surface area contributed by atoms with E-state index in [1.54, 1.807) is 0 Å². The van der Waals surface area contributed by atoms with E-state index in [-0.39, 0.29) is 31.6 Å². The first-order valence-corrected chi connectivity index (χ1v) is 16.0. The normalized spacial score (nSPS) is 49.1. The molecule has 0 radical (unpaired) electrons. The first-order valence-electron chi connectivity index (χ1n) is 16.0. The standard InChI is InChI=1S/C29H46O18/c30-11-4-14(32)12-6-18(26(44-17(12)5-11)10-1-2-13(31)15(33)3-10)45-29-27(47-28-25(41)22(38)16(34)8-43-28)24(40)23(39)19(46-29)9-42-21(37)7-20(35)36/h10-19,22-34,38-41H,1-9H2,(H,35,36)/p+1. The average molecular weight is 684 g/mol. The van der Waals surface area contributed by atoms with Gasteiger partial charge in [0.05, 0.1) is 36.9 Å². The van der Waals surface area contributed by atoms with Crippen LogP contribution in [-0.4, -0.2) is 179 Å². The molecule has 2 aliphatic carbocycles. The van der Waals surface area contributed by atoms with E-state index >= 15 is 0 Å². The molecule has 3 aliphatic heterocycles. The zero-order valence-corrected chi connectivity index (χ0v) is 25.5. The predicted molar refractivity (Wildman–Crippen MR) is 150 cm³/mol. The summed E-state index contributed by atoms with van der Waals surface area (Å²) >= 11 is 0. The minimum Gasteiger partial charge on any atom is -0.481 e. The van der Waals surface area contributed by atoms with Crippen LogP contribution in [0.3, 0.4) is 0 Å². The van der Waals surface area contributed by atoms with Crippen molar-refractivity contribution in [2.45, 2.75) is 143 Å². The topological polar surface area (TPSA) is 295 Å². The highest BCUT2D eigenvalue weighted by Gasteiger charge is 2.56. The number of fused-ring (bicyclic) bond motifs is 1. The van der Waals surface area contributed by atoms with Gasteiger partial charge in [-0.2, -0.15) is 0 Å². The monoisotopic (exact) mass is 683 g/mol. The Morgan fingerprint density at radius 2 is 1.49 bits per heavy atom. The largest absolute Gasteiger partial charge is 0.481 e. The Bertz CT molecular complexity index is 1060. The molecule has 0 aromatic rings. The Morgan fingerprint density at radius 3 is 2.19 bits per heavy atom. The highest BCUT2D eigenvalue weighted by molar-refractivity contribution is 5.90. The molecule has 18 heteroatoms.